The number of carboxylic acids is 1. The molecule has 0 fully saturated rings. The van der Waals surface area contributed by atoms with Gasteiger partial charge >= 0.3 is 5.97 Å². The van der Waals surface area contributed by atoms with Crippen LogP contribution in [0.1, 0.15) is 10.4 Å². The van der Waals surface area contributed by atoms with Crippen LogP contribution in [0.2, 0.25) is 0 Å². The molecule has 0 spiro atoms. The largest absolute Gasteiger partial charge is 0.478 e. The van der Waals surface area contributed by atoms with E-state index in [1.54, 1.807) is 12.1 Å². The summed E-state index contributed by atoms with van der Waals surface area (Å²) < 4.78 is 2.69. The van der Waals surface area contributed by atoms with Crippen molar-refractivity contribution in [2.75, 3.05) is 0 Å². The maximum Gasteiger partial charge on any atom is 0.337 e. The predicted octanol–water partition coefficient (Wildman–Crippen LogP) is 3.49. The quantitative estimate of drug-likeness (QED) is 0.618. The molecule has 0 aliphatic rings. The van der Waals surface area contributed by atoms with Gasteiger partial charge in [-0.1, -0.05) is 12.1 Å². The number of fused-ring (bicyclic) bond motifs is 1. The molecule has 0 bridgehead atoms. The van der Waals surface area contributed by atoms with Crippen LogP contribution in [0.15, 0.2) is 22.4 Å². The second-order valence-corrected chi connectivity index (χ2v) is 5.56. The van der Waals surface area contributed by atoms with Crippen molar-refractivity contribution < 1.29 is 9.90 Å². The van der Waals surface area contributed by atoms with Crippen molar-refractivity contribution in [1.29, 1.82) is 0 Å². The van der Waals surface area contributed by atoms with Crippen molar-refractivity contribution >= 4 is 62.6 Å². The van der Waals surface area contributed by atoms with Crippen molar-refractivity contribution in [3.63, 3.8) is 0 Å². The Kier molecular flexibility index (Phi) is 2.72. The van der Waals surface area contributed by atoms with Crippen molar-refractivity contribution in [3.8, 4) is 0 Å². The molecule has 0 saturated heterocycles. The summed E-state index contributed by atoms with van der Waals surface area (Å²) in [6, 6.07) is 5.29. The third-order valence-corrected chi connectivity index (χ3v) is 5.32. The van der Waals surface area contributed by atoms with Crippen LogP contribution in [0.4, 0.5) is 0 Å². The van der Waals surface area contributed by atoms with E-state index in [0.717, 1.165) is 17.9 Å². The summed E-state index contributed by atoms with van der Waals surface area (Å²) in [5.74, 6) is -0.887. The highest BCUT2D eigenvalue weighted by atomic mass is 127. The molecular weight excluding hydrogens is 331 g/mol. The van der Waals surface area contributed by atoms with Gasteiger partial charge < -0.3 is 5.11 Å². The van der Waals surface area contributed by atoms with Gasteiger partial charge in [0.25, 0.3) is 0 Å². The molecule has 0 aliphatic carbocycles. The molecule has 0 amide bonds. The molecule has 0 saturated carbocycles. The highest BCUT2D eigenvalue weighted by Gasteiger charge is 2.13. The minimum Gasteiger partial charge on any atom is -0.478 e. The minimum absolute atomic E-state index is 0.353. The number of thiophene rings is 1. The lowest BCUT2D eigenvalue weighted by molar-refractivity contribution is 0.0699. The van der Waals surface area contributed by atoms with Gasteiger partial charge in [-0.15, -0.1) is 24.0 Å². The average molecular weight is 336 g/mol. The number of carboxylic acid groups (broad SMARTS) is 1. The first-order valence-corrected chi connectivity index (χ1v) is 6.09. The van der Waals surface area contributed by atoms with Crippen LogP contribution in [0.3, 0.4) is 0 Å². The lowest BCUT2D eigenvalue weighted by Crippen LogP contribution is -1.95. The molecule has 2 aromatic rings. The SMILES string of the molecule is O=C(O)c1cccc2c(I)c(S)sc12. The second kappa shape index (κ2) is 3.71. The normalized spacial score (nSPS) is 10.7. The summed E-state index contributed by atoms with van der Waals surface area (Å²) in [6.45, 7) is 0. The second-order valence-electron chi connectivity index (χ2n) is 2.71. The number of carbonyl (C=O) groups is 1. The molecule has 5 heteroatoms. The summed E-state index contributed by atoms with van der Waals surface area (Å²) in [6.07, 6.45) is 0. The summed E-state index contributed by atoms with van der Waals surface area (Å²) in [5, 5.41) is 9.93. The Morgan fingerprint density at radius 3 is 2.86 bits per heavy atom. The van der Waals surface area contributed by atoms with E-state index in [2.05, 4.69) is 35.2 Å². The molecule has 1 N–H and O–H groups in total. The van der Waals surface area contributed by atoms with Gasteiger partial charge in [0.2, 0.25) is 0 Å². The maximum atomic E-state index is 10.9. The predicted molar refractivity (Wildman–Crippen MR) is 68.8 cm³/mol. The molecular formula is C9H5IO2S2. The Hall–Kier alpha value is -0.270. The van der Waals surface area contributed by atoms with Crippen LogP contribution in [0, 0.1) is 3.57 Å². The van der Waals surface area contributed by atoms with E-state index in [0.29, 0.717) is 5.56 Å². The number of thiol groups is 1. The van der Waals surface area contributed by atoms with Gasteiger partial charge in [-0.2, -0.15) is 0 Å². The van der Waals surface area contributed by atoms with E-state index in [4.69, 9.17) is 5.11 Å². The standard InChI is InChI=1S/C9H5IO2S2/c10-6-4-2-1-3-5(8(11)12)7(4)14-9(6)13/h1-3,13H,(H,11,12). The van der Waals surface area contributed by atoms with Crippen LogP contribution in [0.5, 0.6) is 0 Å². The van der Waals surface area contributed by atoms with Crippen LogP contribution >= 0.6 is 46.6 Å². The van der Waals surface area contributed by atoms with E-state index in [9.17, 15) is 4.79 Å². The van der Waals surface area contributed by atoms with E-state index in [1.807, 2.05) is 6.07 Å². The Morgan fingerprint density at radius 1 is 1.50 bits per heavy atom. The summed E-state index contributed by atoms with van der Waals surface area (Å²) in [7, 11) is 0. The van der Waals surface area contributed by atoms with Gasteiger partial charge in [0, 0.05) is 8.96 Å². The zero-order chi connectivity index (χ0) is 10.3. The smallest absolute Gasteiger partial charge is 0.337 e. The Bertz CT molecular complexity index is 519. The third kappa shape index (κ3) is 1.53. The Balaban J connectivity index is 2.88. The van der Waals surface area contributed by atoms with Crippen LogP contribution in [-0.2, 0) is 0 Å². The average Bonchev–Trinajstić information content (AvgIpc) is 2.43. The molecule has 2 nitrogen and oxygen atoms in total. The molecule has 72 valence electrons. The summed E-state index contributed by atoms with van der Waals surface area (Å²) in [5.41, 5.74) is 0.353. The molecule has 0 aliphatic heterocycles. The number of hydrogen-bond donors (Lipinski definition) is 2. The molecule has 0 unspecified atom stereocenters. The number of rotatable bonds is 1. The highest BCUT2D eigenvalue weighted by molar-refractivity contribution is 14.1. The number of aromatic carboxylic acids is 1. The maximum absolute atomic E-state index is 10.9. The Labute approximate surface area is 103 Å². The van der Waals surface area contributed by atoms with E-state index in [1.165, 1.54) is 11.3 Å². The number of hydrogen-bond acceptors (Lipinski definition) is 3. The van der Waals surface area contributed by atoms with Gasteiger partial charge in [-0.05, 0) is 28.7 Å². The van der Waals surface area contributed by atoms with Crippen molar-refractivity contribution in [2.24, 2.45) is 0 Å². The first kappa shape index (κ1) is 10.3. The summed E-state index contributed by atoms with van der Waals surface area (Å²) in [4.78, 5) is 10.9. The lowest BCUT2D eigenvalue weighted by atomic mass is 10.2. The van der Waals surface area contributed by atoms with Crippen molar-refractivity contribution in [1.82, 2.24) is 0 Å². The van der Waals surface area contributed by atoms with Crippen molar-refractivity contribution in [3.05, 3.63) is 27.3 Å². The number of benzene rings is 1. The van der Waals surface area contributed by atoms with Crippen LogP contribution < -0.4 is 0 Å². The number of halogens is 1. The van der Waals surface area contributed by atoms with Crippen LogP contribution in [0.25, 0.3) is 10.1 Å². The van der Waals surface area contributed by atoms with Gasteiger partial charge in [0.05, 0.1) is 14.5 Å². The fourth-order valence-corrected chi connectivity index (χ4v) is 3.54. The van der Waals surface area contributed by atoms with Gasteiger partial charge in [0.1, 0.15) is 0 Å². The fourth-order valence-electron chi connectivity index (χ4n) is 1.24. The van der Waals surface area contributed by atoms with Crippen molar-refractivity contribution in [2.45, 2.75) is 4.21 Å². The third-order valence-electron chi connectivity index (χ3n) is 1.87. The van der Waals surface area contributed by atoms with E-state index >= 15 is 0 Å². The van der Waals surface area contributed by atoms with E-state index < -0.39 is 5.97 Å². The molecule has 1 aromatic heterocycles. The van der Waals surface area contributed by atoms with Gasteiger partial charge in [-0.3, -0.25) is 0 Å². The minimum atomic E-state index is -0.887. The first-order valence-electron chi connectivity index (χ1n) is 3.74. The first-order chi connectivity index (χ1) is 6.61. The zero-order valence-electron chi connectivity index (χ0n) is 6.82. The molecule has 0 atom stereocenters. The van der Waals surface area contributed by atoms with Gasteiger partial charge in [0.15, 0.2) is 0 Å². The molecule has 0 radical (unpaired) electrons. The lowest BCUT2D eigenvalue weighted by Gasteiger charge is -1.95. The van der Waals surface area contributed by atoms with Crippen LogP contribution in [-0.4, -0.2) is 11.1 Å². The highest BCUT2D eigenvalue weighted by Crippen LogP contribution is 2.36. The monoisotopic (exact) mass is 336 g/mol. The molecule has 14 heavy (non-hydrogen) atoms. The van der Waals surface area contributed by atoms with Gasteiger partial charge in [-0.25, -0.2) is 4.79 Å². The Morgan fingerprint density at radius 2 is 2.21 bits per heavy atom. The zero-order valence-corrected chi connectivity index (χ0v) is 10.7. The molecule has 1 heterocycles. The topological polar surface area (TPSA) is 37.3 Å². The summed E-state index contributed by atoms with van der Waals surface area (Å²) >= 11 is 7.88. The molecule has 2 rings (SSSR count). The fraction of sp³-hybridized carbons (Fsp3) is 0. The molecule has 1 aromatic carbocycles. The van der Waals surface area contributed by atoms with E-state index in [-0.39, 0.29) is 0 Å².